The van der Waals surface area contributed by atoms with E-state index >= 15 is 0 Å². The number of rotatable bonds is 7. The molecule has 0 unspecified atom stereocenters. The van der Waals surface area contributed by atoms with Crippen LogP contribution in [0.15, 0.2) is 0 Å². The summed E-state index contributed by atoms with van der Waals surface area (Å²) < 4.78 is 0. The van der Waals surface area contributed by atoms with Gasteiger partial charge in [-0.2, -0.15) is 0 Å². The van der Waals surface area contributed by atoms with Crippen LogP contribution >= 0.6 is 0 Å². The van der Waals surface area contributed by atoms with E-state index in [2.05, 4.69) is 0 Å². The maximum Gasteiger partial charge on any atom is 0.336 e. The average molecular weight is 471 g/mol. The van der Waals surface area contributed by atoms with E-state index in [-0.39, 0.29) is 0 Å². The lowest BCUT2D eigenvalue weighted by Gasteiger charge is -2.50. The molecular formula is C24H42N2O7. The third-order valence-corrected chi connectivity index (χ3v) is 7.01. The van der Waals surface area contributed by atoms with Gasteiger partial charge in [-0.25, -0.2) is 4.79 Å². The van der Waals surface area contributed by atoms with Gasteiger partial charge in [-0.3, -0.25) is 9.59 Å². The highest BCUT2D eigenvalue weighted by molar-refractivity contribution is 5.88. The third kappa shape index (κ3) is 6.25. The summed E-state index contributed by atoms with van der Waals surface area (Å²) in [7, 11) is 0. The van der Waals surface area contributed by atoms with E-state index in [1.54, 1.807) is 10.1 Å². The first-order chi connectivity index (χ1) is 14.8. The van der Waals surface area contributed by atoms with Gasteiger partial charge < -0.3 is 19.9 Å². The summed E-state index contributed by atoms with van der Waals surface area (Å²) in [5.74, 6) is -3.49. The summed E-state index contributed by atoms with van der Waals surface area (Å²) in [4.78, 5) is 48.5. The summed E-state index contributed by atoms with van der Waals surface area (Å²) in [5.41, 5.74) is -4.40. The molecule has 2 N–H and O–H groups in total. The van der Waals surface area contributed by atoms with E-state index in [0.717, 1.165) is 38.5 Å². The second kappa shape index (κ2) is 9.15. The smallest absolute Gasteiger partial charge is 0.336 e. The molecule has 2 fully saturated rings. The summed E-state index contributed by atoms with van der Waals surface area (Å²) in [6.45, 7) is 15.6. The first-order valence-electron chi connectivity index (χ1n) is 11.8. The zero-order valence-electron chi connectivity index (χ0n) is 21.5. The summed E-state index contributed by atoms with van der Waals surface area (Å²) in [6.07, 6.45) is 3.44. The van der Waals surface area contributed by atoms with Gasteiger partial charge in [0.1, 0.15) is 0 Å². The minimum Gasteiger partial charge on any atom is -0.479 e. The van der Waals surface area contributed by atoms with E-state index in [0.29, 0.717) is 0 Å². The Morgan fingerprint density at radius 3 is 1.21 bits per heavy atom. The molecule has 190 valence electrons. The Balaban J connectivity index is 2.12. The molecule has 0 saturated carbocycles. The zero-order chi connectivity index (χ0) is 25.5. The Morgan fingerprint density at radius 2 is 0.970 bits per heavy atom. The fourth-order valence-corrected chi connectivity index (χ4v) is 5.41. The number of carboxylic acids is 1. The number of nitrogens with zero attached hydrogens (tertiary/aromatic N) is 2. The number of hydrogen-bond acceptors (Lipinski definition) is 8. The van der Waals surface area contributed by atoms with Gasteiger partial charge in [0.05, 0.1) is 35.0 Å². The molecule has 2 heterocycles. The number of aliphatic hydroxyl groups is 1. The molecule has 33 heavy (non-hydrogen) atoms. The topological polar surface area (TPSA) is 117 Å². The van der Waals surface area contributed by atoms with E-state index < -0.39 is 58.5 Å². The van der Waals surface area contributed by atoms with Crippen molar-refractivity contribution in [2.45, 2.75) is 135 Å². The van der Waals surface area contributed by atoms with Crippen molar-refractivity contribution in [2.24, 2.45) is 0 Å². The fourth-order valence-electron chi connectivity index (χ4n) is 5.41. The minimum atomic E-state index is -2.64. The van der Waals surface area contributed by atoms with Crippen molar-refractivity contribution in [3.63, 3.8) is 0 Å². The van der Waals surface area contributed by atoms with Crippen LogP contribution in [0.3, 0.4) is 0 Å². The summed E-state index contributed by atoms with van der Waals surface area (Å²) in [6, 6.07) is 0. The first-order valence-corrected chi connectivity index (χ1v) is 11.8. The van der Waals surface area contributed by atoms with E-state index in [1.807, 2.05) is 55.4 Å². The van der Waals surface area contributed by atoms with Gasteiger partial charge in [-0.1, -0.05) is 0 Å². The number of carboxylic acid groups (broad SMARTS) is 1. The molecule has 2 saturated heterocycles. The Labute approximate surface area is 197 Å². The van der Waals surface area contributed by atoms with Crippen LogP contribution in [0.4, 0.5) is 0 Å². The summed E-state index contributed by atoms with van der Waals surface area (Å²) in [5, 5.41) is 23.6. The minimum absolute atomic E-state index is 0.441. The van der Waals surface area contributed by atoms with Crippen molar-refractivity contribution in [3.8, 4) is 0 Å². The Kier molecular flexibility index (Phi) is 7.63. The van der Waals surface area contributed by atoms with Crippen molar-refractivity contribution in [2.75, 3.05) is 0 Å². The lowest BCUT2D eigenvalue weighted by molar-refractivity contribution is -0.271. The quantitative estimate of drug-likeness (QED) is 0.576. The second-order valence-electron chi connectivity index (χ2n) is 12.2. The molecule has 0 spiro atoms. The molecule has 2 aliphatic rings. The molecule has 0 atom stereocenters. The van der Waals surface area contributed by atoms with E-state index in [9.17, 15) is 24.6 Å². The molecule has 0 aliphatic carbocycles. The lowest BCUT2D eigenvalue weighted by atomic mass is 9.82. The highest BCUT2D eigenvalue weighted by Gasteiger charge is 2.49. The van der Waals surface area contributed by atoms with Gasteiger partial charge in [0.2, 0.25) is 0 Å². The molecule has 2 rings (SSSR count). The SMILES string of the molecule is CC1(C)CCCC(C)(C)N1OC(=O)CC(O)(CC(=O)ON1C(C)(C)CCCC1(C)C)C(=O)O. The van der Waals surface area contributed by atoms with Crippen LogP contribution < -0.4 is 0 Å². The van der Waals surface area contributed by atoms with Gasteiger partial charge in [0, 0.05) is 0 Å². The van der Waals surface area contributed by atoms with Gasteiger partial charge in [-0.15, -0.1) is 10.1 Å². The molecule has 9 nitrogen and oxygen atoms in total. The van der Waals surface area contributed by atoms with Crippen LogP contribution in [0.5, 0.6) is 0 Å². The van der Waals surface area contributed by atoms with Crippen LogP contribution in [0.1, 0.15) is 107 Å². The number of carbonyl (C=O) groups is 3. The van der Waals surface area contributed by atoms with Crippen molar-refractivity contribution >= 4 is 17.9 Å². The molecule has 0 aromatic carbocycles. The van der Waals surface area contributed by atoms with E-state index in [1.165, 1.54) is 0 Å². The van der Waals surface area contributed by atoms with E-state index in [4.69, 9.17) is 9.68 Å². The molecule has 0 radical (unpaired) electrons. The fraction of sp³-hybridized carbons (Fsp3) is 0.875. The second-order valence-corrected chi connectivity index (χ2v) is 12.2. The van der Waals surface area contributed by atoms with Crippen LogP contribution in [0, 0.1) is 0 Å². The maximum absolute atomic E-state index is 12.7. The van der Waals surface area contributed by atoms with Crippen LogP contribution in [0.2, 0.25) is 0 Å². The normalized spacial score (nSPS) is 24.6. The first kappa shape index (κ1) is 27.5. The van der Waals surface area contributed by atoms with Crippen molar-refractivity contribution in [1.29, 1.82) is 0 Å². The number of hydroxylamine groups is 4. The molecular weight excluding hydrogens is 428 g/mol. The van der Waals surface area contributed by atoms with Crippen molar-refractivity contribution in [3.05, 3.63) is 0 Å². The average Bonchev–Trinajstić information content (AvgIpc) is 2.60. The Hall–Kier alpha value is -1.71. The number of hydrogen-bond donors (Lipinski definition) is 2. The maximum atomic E-state index is 12.7. The molecule has 0 bridgehead atoms. The Morgan fingerprint density at radius 1 is 0.697 bits per heavy atom. The monoisotopic (exact) mass is 470 g/mol. The standard InChI is InChI=1S/C24H42N2O7/c1-20(2)11-9-12-21(3,4)25(20)32-17(27)15-24(31,19(29)30)16-18(28)33-26-22(5,6)13-10-14-23(26,7)8/h31H,9-16H2,1-8H3,(H,29,30). The van der Waals surface area contributed by atoms with Gasteiger partial charge in [0.25, 0.3) is 0 Å². The largest absolute Gasteiger partial charge is 0.479 e. The van der Waals surface area contributed by atoms with Gasteiger partial charge in [-0.05, 0) is 93.9 Å². The van der Waals surface area contributed by atoms with Crippen LogP contribution in [-0.4, -0.2) is 66.0 Å². The molecule has 9 heteroatoms. The van der Waals surface area contributed by atoms with Crippen molar-refractivity contribution in [1.82, 2.24) is 10.1 Å². The van der Waals surface area contributed by atoms with Gasteiger partial charge in [0.15, 0.2) is 5.60 Å². The van der Waals surface area contributed by atoms with Gasteiger partial charge >= 0.3 is 17.9 Å². The molecule has 0 aromatic heterocycles. The van der Waals surface area contributed by atoms with Crippen LogP contribution in [0.25, 0.3) is 0 Å². The highest BCUT2D eigenvalue weighted by Crippen LogP contribution is 2.40. The zero-order valence-corrected chi connectivity index (χ0v) is 21.5. The summed E-state index contributed by atoms with van der Waals surface area (Å²) >= 11 is 0. The number of carbonyl (C=O) groups excluding carboxylic acids is 2. The lowest BCUT2D eigenvalue weighted by Crippen LogP contribution is -2.60. The number of aliphatic carboxylic acids is 1. The van der Waals surface area contributed by atoms with Crippen LogP contribution in [-0.2, 0) is 24.1 Å². The number of piperidine rings is 2. The predicted octanol–water partition coefficient (Wildman–Crippen LogP) is 3.58. The molecule has 2 aliphatic heterocycles. The Bertz CT molecular complexity index is 687. The molecule has 0 amide bonds. The molecule has 0 aromatic rings. The van der Waals surface area contributed by atoms with Crippen molar-refractivity contribution < 1.29 is 34.3 Å². The third-order valence-electron chi connectivity index (χ3n) is 7.01. The highest BCUT2D eigenvalue weighted by atomic mass is 16.7. The predicted molar refractivity (Wildman–Crippen MR) is 122 cm³/mol.